The summed E-state index contributed by atoms with van der Waals surface area (Å²) in [4.78, 5) is 6.52. The molecule has 1 aromatic carbocycles. The molecule has 2 aromatic rings. The van der Waals surface area contributed by atoms with Gasteiger partial charge >= 0.3 is 0 Å². The van der Waals surface area contributed by atoms with Crippen molar-refractivity contribution < 1.29 is 8.91 Å². The van der Waals surface area contributed by atoms with Gasteiger partial charge in [0.1, 0.15) is 5.82 Å². The van der Waals surface area contributed by atoms with Crippen LogP contribution >= 0.6 is 0 Å². The van der Waals surface area contributed by atoms with Crippen LogP contribution in [0.15, 0.2) is 39.8 Å². The zero-order valence-corrected chi connectivity index (χ0v) is 16.2. The largest absolute Gasteiger partial charge is 0.371 e. The lowest BCUT2D eigenvalue weighted by molar-refractivity contribution is 0.371. The fraction of sp³-hybridized carbons (Fsp3) is 0.500. The van der Waals surface area contributed by atoms with Crippen molar-refractivity contribution in [2.75, 3.05) is 25.0 Å². The summed E-state index contributed by atoms with van der Waals surface area (Å²) in [5.41, 5.74) is 1.90. The molecule has 0 spiro atoms. The number of aliphatic imine (C=N–C) groups is 1. The van der Waals surface area contributed by atoms with E-state index < -0.39 is 0 Å². The lowest BCUT2D eigenvalue weighted by Gasteiger charge is -2.34. The summed E-state index contributed by atoms with van der Waals surface area (Å²) in [5, 5.41) is 10.8. The van der Waals surface area contributed by atoms with Crippen LogP contribution in [-0.4, -0.2) is 37.3 Å². The average Bonchev–Trinajstić information content (AvgIpc) is 3.15. The summed E-state index contributed by atoms with van der Waals surface area (Å²) in [5.74, 6) is 1.71. The first-order chi connectivity index (χ1) is 13.0. The molecule has 27 heavy (non-hydrogen) atoms. The molecule has 1 aliphatic rings. The highest BCUT2D eigenvalue weighted by Crippen LogP contribution is 2.20. The van der Waals surface area contributed by atoms with Crippen molar-refractivity contribution in [2.45, 2.75) is 45.2 Å². The Kier molecular flexibility index (Phi) is 6.32. The van der Waals surface area contributed by atoms with E-state index in [0.717, 1.165) is 49.0 Å². The Labute approximate surface area is 159 Å². The predicted octanol–water partition coefficient (Wildman–Crippen LogP) is 3.27. The van der Waals surface area contributed by atoms with E-state index in [1.807, 2.05) is 12.1 Å². The van der Waals surface area contributed by atoms with Gasteiger partial charge in [-0.25, -0.2) is 4.39 Å². The van der Waals surface area contributed by atoms with E-state index in [2.05, 4.69) is 39.5 Å². The molecular weight excluding hydrogens is 345 g/mol. The van der Waals surface area contributed by atoms with Crippen LogP contribution in [0.4, 0.5) is 10.1 Å². The fourth-order valence-corrected chi connectivity index (χ4v) is 3.20. The first kappa shape index (κ1) is 19.2. The van der Waals surface area contributed by atoms with Gasteiger partial charge in [-0.3, -0.25) is 4.99 Å². The second-order valence-electron chi connectivity index (χ2n) is 7.18. The molecule has 0 bridgehead atoms. The Balaban J connectivity index is 1.46. The number of nitrogens with one attached hydrogen (secondary N) is 2. The molecule has 1 aromatic heterocycles. The number of nitrogens with zero attached hydrogens (tertiary/aromatic N) is 3. The van der Waals surface area contributed by atoms with Gasteiger partial charge in [-0.1, -0.05) is 25.1 Å². The van der Waals surface area contributed by atoms with Crippen molar-refractivity contribution in [3.05, 3.63) is 47.6 Å². The molecule has 2 heterocycles. The van der Waals surface area contributed by atoms with Gasteiger partial charge in [-0.05, 0) is 37.0 Å². The van der Waals surface area contributed by atoms with Gasteiger partial charge in [0.25, 0.3) is 0 Å². The molecule has 0 radical (unpaired) electrons. The Hall–Kier alpha value is -2.57. The minimum absolute atomic E-state index is 0.189. The molecule has 146 valence electrons. The van der Waals surface area contributed by atoms with E-state index in [-0.39, 0.29) is 5.82 Å². The lowest BCUT2D eigenvalue weighted by atomic mass is 10.0. The molecule has 2 N–H and O–H groups in total. The van der Waals surface area contributed by atoms with Crippen molar-refractivity contribution in [3.8, 4) is 0 Å². The first-order valence-corrected chi connectivity index (χ1v) is 9.48. The van der Waals surface area contributed by atoms with Crippen LogP contribution in [0.25, 0.3) is 0 Å². The number of benzene rings is 1. The molecule has 1 aliphatic heterocycles. The minimum Gasteiger partial charge on any atom is -0.371 e. The summed E-state index contributed by atoms with van der Waals surface area (Å²) >= 11 is 0. The molecule has 1 fully saturated rings. The standard InChI is InChI=1S/C20H28FN5O/c1-14(2)19-12-18(27-25-19)13-23-20(22-3)24-16-7-9-26(10-8-16)17-6-4-5-15(21)11-17/h4-6,11-12,14,16H,7-10,13H2,1-3H3,(H2,22,23,24). The molecule has 0 saturated carbocycles. The summed E-state index contributed by atoms with van der Waals surface area (Å²) in [7, 11) is 1.76. The summed E-state index contributed by atoms with van der Waals surface area (Å²) < 4.78 is 18.8. The van der Waals surface area contributed by atoms with Crippen LogP contribution in [0, 0.1) is 5.82 Å². The van der Waals surface area contributed by atoms with Crippen LogP contribution in [0.1, 0.15) is 44.1 Å². The quantitative estimate of drug-likeness (QED) is 0.622. The molecule has 0 atom stereocenters. The summed E-state index contributed by atoms with van der Waals surface area (Å²) in [6.45, 7) is 6.49. The number of anilines is 1. The number of piperidine rings is 1. The van der Waals surface area contributed by atoms with Crippen LogP contribution in [0.2, 0.25) is 0 Å². The van der Waals surface area contributed by atoms with Gasteiger partial charge in [0.05, 0.1) is 12.2 Å². The van der Waals surface area contributed by atoms with Crippen LogP contribution in [0.5, 0.6) is 0 Å². The van der Waals surface area contributed by atoms with Gasteiger partial charge in [-0.15, -0.1) is 0 Å². The summed E-state index contributed by atoms with van der Waals surface area (Å²) in [6.07, 6.45) is 1.94. The van der Waals surface area contributed by atoms with Crippen molar-refractivity contribution in [1.29, 1.82) is 0 Å². The topological polar surface area (TPSA) is 65.7 Å². The van der Waals surface area contributed by atoms with Gasteiger partial charge in [0, 0.05) is 37.9 Å². The van der Waals surface area contributed by atoms with Crippen LogP contribution < -0.4 is 15.5 Å². The Bertz CT molecular complexity index is 765. The third kappa shape index (κ3) is 5.21. The SMILES string of the molecule is CN=C(NCc1cc(C(C)C)no1)NC1CCN(c2cccc(F)c2)CC1. The van der Waals surface area contributed by atoms with Gasteiger partial charge in [0.15, 0.2) is 11.7 Å². The zero-order chi connectivity index (χ0) is 19.2. The normalized spacial score (nSPS) is 16.0. The Morgan fingerprint density at radius 1 is 1.33 bits per heavy atom. The highest BCUT2D eigenvalue weighted by atomic mass is 19.1. The monoisotopic (exact) mass is 373 g/mol. The predicted molar refractivity (Wildman–Crippen MR) is 106 cm³/mol. The number of hydrogen-bond donors (Lipinski definition) is 2. The maximum absolute atomic E-state index is 13.4. The van der Waals surface area contributed by atoms with Crippen molar-refractivity contribution in [2.24, 2.45) is 4.99 Å². The first-order valence-electron chi connectivity index (χ1n) is 9.48. The zero-order valence-electron chi connectivity index (χ0n) is 16.2. The molecular formula is C20H28FN5O. The van der Waals surface area contributed by atoms with Crippen LogP contribution in [0.3, 0.4) is 0 Å². The fourth-order valence-electron chi connectivity index (χ4n) is 3.20. The third-order valence-electron chi connectivity index (χ3n) is 4.83. The molecule has 3 rings (SSSR count). The van der Waals surface area contributed by atoms with E-state index in [0.29, 0.717) is 18.5 Å². The Morgan fingerprint density at radius 2 is 2.11 bits per heavy atom. The van der Waals surface area contributed by atoms with E-state index in [1.165, 1.54) is 6.07 Å². The molecule has 0 amide bonds. The van der Waals surface area contributed by atoms with Crippen molar-refractivity contribution in [1.82, 2.24) is 15.8 Å². The maximum Gasteiger partial charge on any atom is 0.191 e. The summed E-state index contributed by atoms with van der Waals surface area (Å²) in [6, 6.07) is 9.10. The van der Waals surface area contributed by atoms with E-state index in [4.69, 9.17) is 4.52 Å². The lowest BCUT2D eigenvalue weighted by Crippen LogP contribution is -2.48. The average molecular weight is 373 g/mol. The highest BCUT2D eigenvalue weighted by Gasteiger charge is 2.20. The van der Waals surface area contributed by atoms with Crippen molar-refractivity contribution in [3.63, 3.8) is 0 Å². The third-order valence-corrected chi connectivity index (χ3v) is 4.83. The van der Waals surface area contributed by atoms with E-state index in [9.17, 15) is 4.39 Å². The maximum atomic E-state index is 13.4. The van der Waals surface area contributed by atoms with E-state index in [1.54, 1.807) is 19.2 Å². The smallest absolute Gasteiger partial charge is 0.191 e. The Morgan fingerprint density at radius 3 is 2.74 bits per heavy atom. The van der Waals surface area contributed by atoms with Gasteiger partial charge in [0.2, 0.25) is 0 Å². The molecule has 1 saturated heterocycles. The van der Waals surface area contributed by atoms with Crippen molar-refractivity contribution >= 4 is 11.6 Å². The van der Waals surface area contributed by atoms with Crippen LogP contribution in [-0.2, 0) is 6.54 Å². The second-order valence-corrected chi connectivity index (χ2v) is 7.18. The number of rotatable bonds is 5. The number of aromatic nitrogens is 1. The second kappa shape index (κ2) is 8.88. The molecule has 0 unspecified atom stereocenters. The highest BCUT2D eigenvalue weighted by molar-refractivity contribution is 5.79. The molecule has 7 heteroatoms. The number of hydrogen-bond acceptors (Lipinski definition) is 4. The molecule has 6 nitrogen and oxygen atoms in total. The number of guanidine groups is 1. The van der Waals surface area contributed by atoms with E-state index >= 15 is 0 Å². The van der Waals surface area contributed by atoms with Gasteiger partial charge in [-0.2, -0.15) is 0 Å². The minimum atomic E-state index is -0.189. The number of halogens is 1. The van der Waals surface area contributed by atoms with Gasteiger partial charge < -0.3 is 20.1 Å². The molecule has 0 aliphatic carbocycles.